The fraction of sp³-hybridized carbons (Fsp3) is 0.465. The molecular weight excluding hydrogens is 727 g/mol. The van der Waals surface area contributed by atoms with Crippen molar-refractivity contribution in [2.24, 2.45) is 17.3 Å². The Morgan fingerprint density at radius 2 is 1.89 bits per heavy atom. The summed E-state index contributed by atoms with van der Waals surface area (Å²) in [7, 11) is 2.94. The number of imidazole rings is 2. The molecule has 3 amide bonds. The Kier molecular flexibility index (Phi) is 9.66. The molecule has 2 aromatic heterocycles. The van der Waals surface area contributed by atoms with Crippen LogP contribution in [-0.4, -0.2) is 92.9 Å². The van der Waals surface area contributed by atoms with Gasteiger partial charge < -0.3 is 39.5 Å². The van der Waals surface area contributed by atoms with Crippen molar-refractivity contribution >= 4 is 39.9 Å². The highest BCUT2D eigenvalue weighted by Crippen LogP contribution is 2.52. The summed E-state index contributed by atoms with van der Waals surface area (Å²) in [6.07, 6.45) is 2.40. The van der Waals surface area contributed by atoms with Crippen molar-refractivity contribution in [2.75, 3.05) is 33.9 Å². The topological polar surface area (TPSA) is 175 Å². The maximum atomic E-state index is 13.7. The van der Waals surface area contributed by atoms with Crippen molar-refractivity contribution < 1.29 is 33.7 Å². The third-order valence-corrected chi connectivity index (χ3v) is 12.3. The lowest BCUT2D eigenvalue weighted by atomic mass is 9.70. The number of aromatic amines is 2. The van der Waals surface area contributed by atoms with E-state index in [-0.39, 0.29) is 23.8 Å². The minimum Gasteiger partial charge on any atom is -0.488 e. The van der Waals surface area contributed by atoms with E-state index in [2.05, 4.69) is 72.5 Å². The number of aromatic nitrogens is 4. The molecule has 4 atom stereocenters. The van der Waals surface area contributed by atoms with Gasteiger partial charge in [0.15, 0.2) is 0 Å². The number of fused-ring (bicyclic) bond motifs is 6. The Labute approximate surface area is 331 Å². The van der Waals surface area contributed by atoms with Crippen LogP contribution in [0.3, 0.4) is 0 Å². The number of H-pyrrole nitrogens is 2. The van der Waals surface area contributed by atoms with Gasteiger partial charge in [0, 0.05) is 37.1 Å². The molecule has 14 nitrogen and oxygen atoms in total. The molecule has 2 saturated heterocycles. The summed E-state index contributed by atoms with van der Waals surface area (Å²) >= 11 is 0. The van der Waals surface area contributed by atoms with E-state index < -0.39 is 29.2 Å². The minimum absolute atomic E-state index is 0.0523. The van der Waals surface area contributed by atoms with E-state index in [1.807, 2.05) is 24.8 Å². The molecule has 8 rings (SSSR count). The number of ether oxygens (including phenoxy) is 3. The molecule has 0 radical (unpaired) electrons. The Hall–Kier alpha value is -5.63. The highest BCUT2D eigenvalue weighted by molar-refractivity contribution is 6.07. The summed E-state index contributed by atoms with van der Waals surface area (Å²) in [4.78, 5) is 58.7. The lowest BCUT2D eigenvalue weighted by molar-refractivity contribution is -0.135. The van der Waals surface area contributed by atoms with Gasteiger partial charge in [-0.05, 0) is 76.9 Å². The maximum absolute atomic E-state index is 13.7. The number of likely N-dealkylation sites (tertiary alicyclic amines) is 2. The summed E-state index contributed by atoms with van der Waals surface area (Å²) in [6, 6.07) is 13.6. The van der Waals surface area contributed by atoms with Crippen LogP contribution < -0.4 is 10.1 Å². The zero-order valence-electron chi connectivity index (χ0n) is 33.6. The van der Waals surface area contributed by atoms with E-state index in [1.54, 1.807) is 18.2 Å². The number of benzene rings is 3. The molecule has 2 fully saturated rings. The fourth-order valence-corrected chi connectivity index (χ4v) is 9.39. The minimum atomic E-state index is -0.967. The number of hydrogen-bond donors (Lipinski definition) is 4. The second-order valence-electron chi connectivity index (χ2n) is 17.0. The first-order chi connectivity index (χ1) is 27.2. The predicted molar refractivity (Wildman–Crippen MR) is 215 cm³/mol. The molecule has 0 saturated carbocycles. The van der Waals surface area contributed by atoms with Crippen molar-refractivity contribution in [3.63, 3.8) is 0 Å². The van der Waals surface area contributed by atoms with Crippen molar-refractivity contribution in [2.45, 2.75) is 78.1 Å². The lowest BCUT2D eigenvalue weighted by Crippen LogP contribution is -2.53. The number of rotatable bonds is 8. The largest absolute Gasteiger partial charge is 0.488 e. The standard InChI is InChI=1S/C43H51N7O7/c1-23(2)35(48-40(52)56-7)38(51)49-14-8-9-33(49)37-45-31-13-11-25-16-30-28-12-10-26(15-27(28)22-57-34(30)17-29(25)36(31)47-37)32-19-44-39(46-32)43(42(3,4)5)18-24(21-55-6)20-50(43)41(53)54/h10-13,15-17,19,23-24,33,35H,8-9,14,18,20-22H2,1-7H3,(H,44,46)(H,45,47)(H,48,52)(H,53,54)/t24-,33-,35-,43-/m0/s1. The number of carboxylic acid groups (broad SMARTS) is 1. The molecule has 3 aliphatic heterocycles. The quantitative estimate of drug-likeness (QED) is 0.124. The number of methoxy groups -OCH3 is 2. The van der Waals surface area contributed by atoms with Gasteiger partial charge in [-0.15, -0.1) is 0 Å². The van der Waals surface area contributed by atoms with E-state index in [4.69, 9.17) is 24.2 Å². The van der Waals surface area contributed by atoms with E-state index >= 15 is 0 Å². The molecule has 0 unspecified atom stereocenters. The number of carbonyl (C=O) groups is 3. The predicted octanol–water partition coefficient (Wildman–Crippen LogP) is 7.60. The van der Waals surface area contributed by atoms with Crippen LogP contribution in [0.2, 0.25) is 0 Å². The number of nitrogens with zero attached hydrogens (tertiary/aromatic N) is 4. The van der Waals surface area contributed by atoms with Gasteiger partial charge in [0.25, 0.3) is 0 Å². The fourth-order valence-electron chi connectivity index (χ4n) is 9.39. The van der Waals surface area contributed by atoms with Crippen LogP contribution in [0.1, 0.15) is 77.1 Å². The normalized spacial score (nSPS) is 21.1. The van der Waals surface area contributed by atoms with Gasteiger partial charge in [-0.3, -0.25) is 9.69 Å². The van der Waals surface area contributed by atoms with Gasteiger partial charge >= 0.3 is 12.2 Å². The average Bonchev–Trinajstić information content (AvgIpc) is 4.00. The molecule has 14 heteroatoms. The van der Waals surface area contributed by atoms with Crippen LogP contribution in [-0.2, 0) is 26.4 Å². The molecule has 0 aliphatic carbocycles. The van der Waals surface area contributed by atoms with E-state index in [9.17, 15) is 19.5 Å². The van der Waals surface area contributed by atoms with Crippen molar-refractivity contribution in [3.05, 3.63) is 65.9 Å². The number of carbonyl (C=O) groups excluding carboxylic acids is 2. The zero-order chi connectivity index (χ0) is 40.4. The average molecular weight is 778 g/mol. The summed E-state index contributed by atoms with van der Waals surface area (Å²) in [5.41, 5.74) is 5.22. The molecule has 0 bridgehead atoms. The molecule has 4 N–H and O–H groups in total. The number of alkyl carbamates (subject to hydrolysis) is 1. The number of amides is 3. The van der Waals surface area contributed by atoms with E-state index in [0.717, 1.165) is 68.3 Å². The molecule has 0 spiro atoms. The van der Waals surface area contributed by atoms with Gasteiger partial charge in [0.2, 0.25) is 5.91 Å². The molecule has 57 heavy (non-hydrogen) atoms. The second-order valence-corrected chi connectivity index (χ2v) is 17.0. The van der Waals surface area contributed by atoms with Gasteiger partial charge in [0.05, 0.1) is 42.7 Å². The van der Waals surface area contributed by atoms with Crippen LogP contribution in [0.15, 0.2) is 48.7 Å². The van der Waals surface area contributed by atoms with E-state index in [0.29, 0.717) is 44.4 Å². The third kappa shape index (κ3) is 6.43. The highest BCUT2D eigenvalue weighted by Gasteiger charge is 2.58. The third-order valence-electron chi connectivity index (χ3n) is 12.3. The van der Waals surface area contributed by atoms with Crippen LogP contribution in [0.25, 0.3) is 44.2 Å². The van der Waals surface area contributed by atoms with Crippen LogP contribution in [0, 0.1) is 17.3 Å². The van der Waals surface area contributed by atoms with Crippen molar-refractivity contribution in [1.29, 1.82) is 0 Å². The lowest BCUT2D eigenvalue weighted by Gasteiger charge is -2.45. The smallest absolute Gasteiger partial charge is 0.408 e. The van der Waals surface area contributed by atoms with Crippen LogP contribution in [0.4, 0.5) is 9.59 Å². The molecule has 3 aromatic carbocycles. The van der Waals surface area contributed by atoms with Crippen LogP contribution >= 0.6 is 0 Å². The monoisotopic (exact) mass is 777 g/mol. The van der Waals surface area contributed by atoms with Crippen molar-refractivity contribution in [3.8, 4) is 28.1 Å². The maximum Gasteiger partial charge on any atom is 0.408 e. The Morgan fingerprint density at radius 1 is 1.09 bits per heavy atom. The number of nitrogens with one attached hydrogen (secondary N) is 3. The first-order valence-corrected chi connectivity index (χ1v) is 19.7. The first kappa shape index (κ1) is 38.3. The van der Waals surface area contributed by atoms with Crippen LogP contribution in [0.5, 0.6) is 5.75 Å². The molecular formula is C43H51N7O7. The second kappa shape index (κ2) is 14.4. The Morgan fingerprint density at radius 3 is 2.61 bits per heavy atom. The molecule has 5 aromatic rings. The van der Waals surface area contributed by atoms with Gasteiger partial charge in [-0.2, -0.15) is 0 Å². The van der Waals surface area contributed by atoms with Gasteiger partial charge in [-0.25, -0.2) is 19.6 Å². The molecule has 300 valence electrons. The summed E-state index contributed by atoms with van der Waals surface area (Å²) in [5.74, 6) is 1.90. The zero-order valence-corrected chi connectivity index (χ0v) is 33.6. The SMILES string of the molecule is COC[C@@H]1CN(C(=O)O)[C@@](c2ncc(-c3ccc4c(c3)COc3cc5c(ccc6nc([C@@H]7CCCN7C(=O)[C@@H](NC(=O)OC)C(C)C)[nH]c65)cc3-4)[nH]2)(C(C)(C)C)C1. The summed E-state index contributed by atoms with van der Waals surface area (Å²) in [5, 5.41) is 15.1. The Bertz CT molecular complexity index is 2380. The highest BCUT2D eigenvalue weighted by atomic mass is 16.5. The van der Waals surface area contributed by atoms with Crippen molar-refractivity contribution in [1.82, 2.24) is 35.1 Å². The van der Waals surface area contributed by atoms with E-state index in [1.165, 1.54) is 7.11 Å². The molecule has 5 heterocycles. The summed E-state index contributed by atoms with van der Waals surface area (Å²) in [6.45, 7) is 11.8. The van der Waals surface area contributed by atoms with Gasteiger partial charge in [-0.1, -0.05) is 52.8 Å². The number of hydrogen-bond acceptors (Lipinski definition) is 8. The Balaban J connectivity index is 1.09. The van der Waals surface area contributed by atoms with Gasteiger partial charge in [0.1, 0.15) is 35.6 Å². The first-order valence-electron chi connectivity index (χ1n) is 19.7. The molecule has 3 aliphatic rings. The summed E-state index contributed by atoms with van der Waals surface area (Å²) < 4.78 is 16.7.